The van der Waals surface area contributed by atoms with E-state index in [1.807, 2.05) is 52.0 Å². The fraction of sp³-hybridized carbons (Fsp3) is 0.312. The molecule has 1 amide bonds. The molecule has 0 radical (unpaired) electrons. The van der Waals surface area contributed by atoms with E-state index >= 15 is 0 Å². The van der Waals surface area contributed by atoms with Crippen LogP contribution in [0.3, 0.4) is 0 Å². The van der Waals surface area contributed by atoms with Gasteiger partial charge in [-0.1, -0.05) is 12.1 Å². The van der Waals surface area contributed by atoms with E-state index in [1.54, 1.807) is 6.07 Å². The van der Waals surface area contributed by atoms with Gasteiger partial charge in [-0.25, -0.2) is 9.97 Å². The molecule has 21 heavy (non-hydrogen) atoms. The highest BCUT2D eigenvalue weighted by Crippen LogP contribution is 2.12. The van der Waals surface area contributed by atoms with Crippen molar-refractivity contribution in [1.29, 1.82) is 0 Å². The predicted molar refractivity (Wildman–Crippen MR) is 84.7 cm³/mol. The van der Waals surface area contributed by atoms with Crippen molar-refractivity contribution in [2.45, 2.75) is 33.7 Å². The summed E-state index contributed by atoms with van der Waals surface area (Å²) in [5.74, 6) is 0.234. The molecule has 0 spiro atoms. The maximum atomic E-state index is 12.3. The van der Waals surface area contributed by atoms with Crippen LogP contribution in [0.4, 0.5) is 11.6 Å². The third-order valence-electron chi connectivity index (χ3n) is 2.78. The standard InChI is InChI=1S/C16H20N4O/c1-10(2)17-16-18-12(4)9-14(20-16)15(21)19-13-7-5-6-11(3)8-13/h5-10H,1-4H3,(H,19,21)(H,17,18,20). The van der Waals surface area contributed by atoms with Crippen molar-refractivity contribution in [3.8, 4) is 0 Å². The summed E-state index contributed by atoms with van der Waals surface area (Å²) in [6.45, 7) is 7.82. The number of aryl methyl sites for hydroxylation is 2. The molecule has 0 bridgehead atoms. The van der Waals surface area contributed by atoms with E-state index in [0.717, 1.165) is 16.9 Å². The number of amides is 1. The molecule has 2 rings (SSSR count). The van der Waals surface area contributed by atoms with Gasteiger partial charge in [0.05, 0.1) is 0 Å². The molecular formula is C16H20N4O. The van der Waals surface area contributed by atoms with E-state index in [1.165, 1.54) is 0 Å². The predicted octanol–water partition coefficient (Wildman–Crippen LogP) is 3.17. The lowest BCUT2D eigenvalue weighted by molar-refractivity contribution is 0.102. The zero-order valence-corrected chi connectivity index (χ0v) is 12.8. The lowest BCUT2D eigenvalue weighted by atomic mass is 10.2. The smallest absolute Gasteiger partial charge is 0.274 e. The van der Waals surface area contributed by atoms with E-state index in [2.05, 4.69) is 20.6 Å². The summed E-state index contributed by atoms with van der Waals surface area (Å²) < 4.78 is 0. The number of hydrogen-bond donors (Lipinski definition) is 2. The second-order valence-electron chi connectivity index (χ2n) is 5.34. The first-order valence-corrected chi connectivity index (χ1v) is 6.94. The minimum absolute atomic E-state index is 0.208. The molecule has 5 heteroatoms. The number of anilines is 2. The summed E-state index contributed by atoms with van der Waals surface area (Å²) in [4.78, 5) is 20.8. The zero-order chi connectivity index (χ0) is 15.4. The van der Waals surface area contributed by atoms with Gasteiger partial charge in [0.1, 0.15) is 5.69 Å². The van der Waals surface area contributed by atoms with E-state index in [4.69, 9.17) is 0 Å². The molecule has 0 saturated carbocycles. The number of carbonyl (C=O) groups is 1. The van der Waals surface area contributed by atoms with Crippen LogP contribution < -0.4 is 10.6 Å². The molecule has 2 N–H and O–H groups in total. The van der Waals surface area contributed by atoms with Gasteiger partial charge in [0.15, 0.2) is 0 Å². The topological polar surface area (TPSA) is 66.9 Å². The third-order valence-corrected chi connectivity index (χ3v) is 2.78. The first-order chi connectivity index (χ1) is 9.94. The maximum absolute atomic E-state index is 12.3. The lowest BCUT2D eigenvalue weighted by Gasteiger charge is -2.11. The monoisotopic (exact) mass is 284 g/mol. The average molecular weight is 284 g/mol. The Morgan fingerprint density at radius 3 is 2.57 bits per heavy atom. The van der Waals surface area contributed by atoms with Crippen LogP contribution in [0.1, 0.15) is 35.6 Å². The van der Waals surface area contributed by atoms with Crippen LogP contribution in [-0.4, -0.2) is 21.9 Å². The Labute approximate surface area is 124 Å². The summed E-state index contributed by atoms with van der Waals surface area (Å²) in [5, 5.41) is 5.96. The molecular weight excluding hydrogens is 264 g/mol. The number of nitrogens with one attached hydrogen (secondary N) is 2. The summed E-state index contributed by atoms with van der Waals surface area (Å²) in [7, 11) is 0. The van der Waals surface area contributed by atoms with Gasteiger partial charge < -0.3 is 10.6 Å². The van der Waals surface area contributed by atoms with Gasteiger partial charge in [-0.05, 0) is 51.5 Å². The Morgan fingerprint density at radius 2 is 1.90 bits per heavy atom. The van der Waals surface area contributed by atoms with Crippen LogP contribution in [0.5, 0.6) is 0 Å². The van der Waals surface area contributed by atoms with Crippen molar-refractivity contribution in [2.75, 3.05) is 10.6 Å². The summed E-state index contributed by atoms with van der Waals surface area (Å²) in [5.41, 5.74) is 2.96. The van der Waals surface area contributed by atoms with Crippen molar-refractivity contribution < 1.29 is 4.79 Å². The van der Waals surface area contributed by atoms with Crippen molar-refractivity contribution in [3.05, 3.63) is 47.3 Å². The van der Waals surface area contributed by atoms with Gasteiger partial charge >= 0.3 is 0 Å². The molecule has 5 nitrogen and oxygen atoms in total. The van der Waals surface area contributed by atoms with Crippen LogP contribution in [0.2, 0.25) is 0 Å². The number of benzene rings is 1. The molecule has 1 heterocycles. The van der Waals surface area contributed by atoms with Crippen molar-refractivity contribution >= 4 is 17.5 Å². The van der Waals surface area contributed by atoms with Gasteiger partial charge in [-0.15, -0.1) is 0 Å². The van der Waals surface area contributed by atoms with Gasteiger partial charge in [-0.3, -0.25) is 4.79 Å². The zero-order valence-electron chi connectivity index (χ0n) is 12.8. The number of carbonyl (C=O) groups excluding carboxylic acids is 1. The highest BCUT2D eigenvalue weighted by molar-refractivity contribution is 6.03. The average Bonchev–Trinajstić information content (AvgIpc) is 2.37. The van der Waals surface area contributed by atoms with E-state index in [9.17, 15) is 4.79 Å². The van der Waals surface area contributed by atoms with Gasteiger partial charge in [0, 0.05) is 17.4 Å². The Hall–Kier alpha value is -2.43. The first kappa shape index (κ1) is 15.0. The highest BCUT2D eigenvalue weighted by Gasteiger charge is 2.11. The molecule has 110 valence electrons. The molecule has 1 aromatic carbocycles. The molecule has 0 aliphatic heterocycles. The SMILES string of the molecule is Cc1cccc(NC(=O)c2cc(C)nc(NC(C)C)n2)c1. The van der Waals surface area contributed by atoms with Crippen LogP contribution in [-0.2, 0) is 0 Å². The van der Waals surface area contributed by atoms with E-state index in [0.29, 0.717) is 11.6 Å². The van der Waals surface area contributed by atoms with Gasteiger partial charge in [0.2, 0.25) is 5.95 Å². The maximum Gasteiger partial charge on any atom is 0.274 e. The molecule has 0 fully saturated rings. The second-order valence-corrected chi connectivity index (χ2v) is 5.34. The largest absolute Gasteiger partial charge is 0.352 e. The van der Waals surface area contributed by atoms with Crippen molar-refractivity contribution in [2.24, 2.45) is 0 Å². The van der Waals surface area contributed by atoms with E-state index < -0.39 is 0 Å². The molecule has 2 aromatic rings. The Kier molecular flexibility index (Phi) is 4.52. The molecule has 0 atom stereocenters. The number of nitrogens with zero attached hydrogens (tertiary/aromatic N) is 2. The molecule has 0 unspecified atom stereocenters. The minimum Gasteiger partial charge on any atom is -0.352 e. The molecule has 0 aliphatic carbocycles. The summed E-state index contributed by atoms with van der Waals surface area (Å²) in [6, 6.07) is 9.54. The fourth-order valence-corrected chi connectivity index (χ4v) is 1.93. The van der Waals surface area contributed by atoms with Crippen LogP contribution in [0, 0.1) is 13.8 Å². The van der Waals surface area contributed by atoms with Crippen molar-refractivity contribution in [3.63, 3.8) is 0 Å². The Balaban J connectivity index is 2.20. The van der Waals surface area contributed by atoms with Crippen LogP contribution >= 0.6 is 0 Å². The van der Waals surface area contributed by atoms with Gasteiger partial charge in [-0.2, -0.15) is 0 Å². The number of hydrogen-bond acceptors (Lipinski definition) is 4. The number of aromatic nitrogens is 2. The van der Waals surface area contributed by atoms with E-state index in [-0.39, 0.29) is 11.9 Å². The molecule has 1 aromatic heterocycles. The molecule has 0 saturated heterocycles. The third kappa shape index (κ3) is 4.27. The Bertz CT molecular complexity index is 652. The van der Waals surface area contributed by atoms with Gasteiger partial charge in [0.25, 0.3) is 5.91 Å². The van der Waals surface area contributed by atoms with Crippen molar-refractivity contribution in [1.82, 2.24) is 9.97 Å². The van der Waals surface area contributed by atoms with Crippen LogP contribution in [0.15, 0.2) is 30.3 Å². The van der Waals surface area contributed by atoms with Crippen LogP contribution in [0.25, 0.3) is 0 Å². The lowest BCUT2D eigenvalue weighted by Crippen LogP contribution is -2.18. The summed E-state index contributed by atoms with van der Waals surface area (Å²) >= 11 is 0. The first-order valence-electron chi connectivity index (χ1n) is 6.94. The Morgan fingerprint density at radius 1 is 1.14 bits per heavy atom. The minimum atomic E-state index is -0.238. The quantitative estimate of drug-likeness (QED) is 0.905. The highest BCUT2D eigenvalue weighted by atomic mass is 16.1. The fourth-order valence-electron chi connectivity index (χ4n) is 1.93. The summed E-state index contributed by atoms with van der Waals surface area (Å²) in [6.07, 6.45) is 0. The molecule has 0 aliphatic rings. The normalized spacial score (nSPS) is 10.5. The number of rotatable bonds is 4. The second kappa shape index (κ2) is 6.35.